The normalized spacial score (nSPS) is 32.2. The third-order valence-electron chi connectivity index (χ3n) is 6.72. The van der Waals surface area contributed by atoms with Crippen molar-refractivity contribution in [2.45, 2.75) is 44.1 Å². The zero-order valence-electron chi connectivity index (χ0n) is 14.5. The third kappa shape index (κ3) is 2.95. The number of piperidine rings is 1. The van der Waals surface area contributed by atoms with E-state index in [4.69, 9.17) is 4.74 Å². The van der Waals surface area contributed by atoms with Crippen molar-refractivity contribution >= 4 is 0 Å². The minimum Gasteiger partial charge on any atom is -0.496 e. The third-order valence-corrected chi connectivity index (χ3v) is 6.72. The summed E-state index contributed by atoms with van der Waals surface area (Å²) in [4.78, 5) is 2.51. The fourth-order valence-corrected chi connectivity index (χ4v) is 5.35. The van der Waals surface area contributed by atoms with Crippen molar-refractivity contribution < 1.29 is 14.2 Å². The van der Waals surface area contributed by atoms with E-state index in [0.29, 0.717) is 24.2 Å². The van der Waals surface area contributed by atoms with Gasteiger partial charge in [0.25, 0.3) is 0 Å². The Morgan fingerprint density at radius 2 is 2.04 bits per heavy atom. The van der Waals surface area contributed by atoms with Crippen LogP contribution in [0.2, 0.25) is 0 Å². The molecule has 4 heteroatoms. The highest BCUT2D eigenvalue weighted by molar-refractivity contribution is 5.39. The van der Waals surface area contributed by atoms with Crippen molar-refractivity contribution in [1.82, 2.24) is 4.90 Å². The molecule has 1 saturated heterocycles. The van der Waals surface area contributed by atoms with Crippen LogP contribution in [0.15, 0.2) is 18.2 Å². The Labute approximate surface area is 143 Å². The van der Waals surface area contributed by atoms with Crippen molar-refractivity contribution in [3.63, 3.8) is 0 Å². The lowest BCUT2D eigenvalue weighted by Crippen LogP contribution is -2.44. The number of rotatable bonds is 4. The van der Waals surface area contributed by atoms with Crippen LogP contribution in [0.4, 0.5) is 4.39 Å². The molecule has 4 rings (SSSR count). The highest BCUT2D eigenvalue weighted by atomic mass is 19.1. The molecule has 3 fully saturated rings. The van der Waals surface area contributed by atoms with Gasteiger partial charge in [-0.05, 0) is 68.1 Å². The number of aliphatic hydroxyl groups is 1. The van der Waals surface area contributed by atoms with Crippen LogP contribution in [-0.4, -0.2) is 36.8 Å². The summed E-state index contributed by atoms with van der Waals surface area (Å²) < 4.78 is 19.0. The summed E-state index contributed by atoms with van der Waals surface area (Å²) in [7, 11) is 1.57. The maximum absolute atomic E-state index is 13.7. The molecule has 24 heavy (non-hydrogen) atoms. The van der Waals surface area contributed by atoms with Gasteiger partial charge in [-0.1, -0.05) is 6.42 Å². The Morgan fingerprint density at radius 3 is 2.67 bits per heavy atom. The summed E-state index contributed by atoms with van der Waals surface area (Å²) in [5, 5.41) is 11.1. The van der Waals surface area contributed by atoms with E-state index in [1.165, 1.54) is 44.4 Å². The van der Waals surface area contributed by atoms with Crippen molar-refractivity contribution in [3.05, 3.63) is 29.6 Å². The zero-order valence-corrected chi connectivity index (χ0v) is 14.5. The van der Waals surface area contributed by atoms with Crippen molar-refractivity contribution in [3.8, 4) is 5.75 Å². The maximum Gasteiger partial charge on any atom is 0.125 e. The number of fused-ring (bicyclic) bond motifs is 2. The summed E-state index contributed by atoms with van der Waals surface area (Å²) in [6.07, 6.45) is 7.02. The van der Waals surface area contributed by atoms with Gasteiger partial charge in [-0.25, -0.2) is 4.39 Å². The minimum absolute atomic E-state index is 0.316. The minimum atomic E-state index is -0.974. The number of benzene rings is 1. The highest BCUT2D eigenvalue weighted by Crippen LogP contribution is 2.49. The average molecular weight is 333 g/mol. The smallest absolute Gasteiger partial charge is 0.125 e. The molecule has 0 amide bonds. The number of methoxy groups -OCH3 is 1. The fourth-order valence-electron chi connectivity index (χ4n) is 5.35. The monoisotopic (exact) mass is 333 g/mol. The zero-order chi connectivity index (χ0) is 16.7. The van der Waals surface area contributed by atoms with Gasteiger partial charge in [0, 0.05) is 25.2 Å². The quantitative estimate of drug-likeness (QED) is 0.914. The van der Waals surface area contributed by atoms with Gasteiger partial charge in [0.05, 0.1) is 12.7 Å². The Hall–Kier alpha value is -1.13. The molecule has 3 aliphatic rings. The first-order chi connectivity index (χ1) is 11.6. The van der Waals surface area contributed by atoms with Crippen LogP contribution >= 0.6 is 0 Å². The maximum atomic E-state index is 13.7. The molecule has 0 unspecified atom stereocenters. The van der Waals surface area contributed by atoms with Crippen LogP contribution in [0.25, 0.3) is 0 Å². The molecule has 0 aromatic heterocycles. The van der Waals surface area contributed by atoms with Crippen molar-refractivity contribution in [2.24, 2.45) is 17.8 Å². The summed E-state index contributed by atoms with van der Waals surface area (Å²) in [6.45, 7) is 2.94. The Balaban J connectivity index is 1.41. The number of nitrogens with zero attached hydrogens (tertiary/aromatic N) is 1. The lowest BCUT2D eigenvalue weighted by Gasteiger charge is -2.40. The molecule has 1 aromatic carbocycles. The Kier molecular flexibility index (Phi) is 4.29. The topological polar surface area (TPSA) is 32.7 Å². The first-order valence-corrected chi connectivity index (χ1v) is 9.36. The molecule has 1 aliphatic heterocycles. The molecule has 0 radical (unpaired) electrons. The van der Waals surface area contributed by atoms with Gasteiger partial charge in [-0.15, -0.1) is 0 Å². The molecule has 132 valence electrons. The van der Waals surface area contributed by atoms with Gasteiger partial charge in [0.15, 0.2) is 0 Å². The largest absolute Gasteiger partial charge is 0.496 e. The van der Waals surface area contributed by atoms with E-state index in [9.17, 15) is 9.50 Å². The van der Waals surface area contributed by atoms with Crippen LogP contribution in [0.5, 0.6) is 5.75 Å². The predicted octanol–water partition coefficient (Wildman–Crippen LogP) is 3.55. The summed E-state index contributed by atoms with van der Waals surface area (Å²) >= 11 is 0. The first kappa shape index (κ1) is 16.3. The first-order valence-electron chi connectivity index (χ1n) is 9.36. The van der Waals surface area contributed by atoms with Crippen LogP contribution in [-0.2, 0) is 5.60 Å². The second-order valence-electron chi connectivity index (χ2n) is 8.11. The van der Waals surface area contributed by atoms with Crippen molar-refractivity contribution in [2.75, 3.05) is 26.7 Å². The van der Waals surface area contributed by atoms with Gasteiger partial charge >= 0.3 is 0 Å². The molecule has 2 bridgehead atoms. The van der Waals surface area contributed by atoms with E-state index in [2.05, 4.69) is 4.90 Å². The second-order valence-corrected chi connectivity index (χ2v) is 8.11. The SMILES string of the molecule is COc1ccc(F)cc1C1(O)CCN(C[C@@H]2C[C@H]3CC[C@H]2C3)CC1. The number of halogens is 1. The van der Waals surface area contributed by atoms with Crippen LogP contribution in [0.1, 0.15) is 44.1 Å². The molecule has 2 saturated carbocycles. The van der Waals surface area contributed by atoms with Gasteiger partial charge in [0.2, 0.25) is 0 Å². The number of ether oxygens (including phenoxy) is 1. The van der Waals surface area contributed by atoms with E-state index in [1.807, 2.05) is 0 Å². The molecule has 3 nitrogen and oxygen atoms in total. The molecule has 0 spiro atoms. The Bertz CT molecular complexity index is 597. The van der Waals surface area contributed by atoms with Gasteiger partial charge in [0.1, 0.15) is 11.6 Å². The second kappa shape index (κ2) is 6.30. The molecule has 1 heterocycles. The van der Waals surface area contributed by atoms with E-state index in [1.54, 1.807) is 13.2 Å². The number of hydrogen-bond acceptors (Lipinski definition) is 3. The van der Waals surface area contributed by atoms with Gasteiger partial charge in [-0.3, -0.25) is 0 Å². The molecular weight excluding hydrogens is 305 g/mol. The lowest BCUT2D eigenvalue weighted by molar-refractivity contribution is -0.0320. The summed E-state index contributed by atoms with van der Waals surface area (Å²) in [5.41, 5.74) is -0.372. The number of likely N-dealkylation sites (tertiary alicyclic amines) is 1. The molecule has 3 atom stereocenters. The lowest BCUT2D eigenvalue weighted by atomic mass is 9.82. The fraction of sp³-hybridized carbons (Fsp3) is 0.700. The standard InChI is InChI=1S/C20H28FNO2/c1-24-19-5-4-17(21)12-18(19)20(23)6-8-22(9-7-20)13-16-11-14-2-3-15(16)10-14/h4-5,12,14-16,23H,2-3,6-11,13H2,1H3/t14-,15-,16-/m0/s1. The van der Waals surface area contributed by atoms with Gasteiger partial charge < -0.3 is 14.7 Å². The van der Waals surface area contributed by atoms with E-state index < -0.39 is 5.60 Å². The molecule has 1 aromatic rings. The van der Waals surface area contributed by atoms with Gasteiger partial charge in [-0.2, -0.15) is 0 Å². The highest BCUT2D eigenvalue weighted by Gasteiger charge is 2.42. The Morgan fingerprint density at radius 1 is 1.25 bits per heavy atom. The summed E-state index contributed by atoms with van der Waals surface area (Å²) in [6, 6.07) is 4.44. The van der Waals surface area contributed by atoms with Crippen LogP contribution in [0.3, 0.4) is 0 Å². The van der Waals surface area contributed by atoms with Crippen LogP contribution < -0.4 is 4.74 Å². The summed E-state index contributed by atoms with van der Waals surface area (Å²) in [5.74, 6) is 3.06. The predicted molar refractivity (Wildman–Crippen MR) is 91.5 cm³/mol. The molecular formula is C20H28FNO2. The van der Waals surface area contributed by atoms with E-state index in [0.717, 1.165) is 30.8 Å². The number of hydrogen-bond donors (Lipinski definition) is 1. The van der Waals surface area contributed by atoms with Crippen LogP contribution in [0, 0.1) is 23.6 Å². The van der Waals surface area contributed by atoms with Crippen molar-refractivity contribution in [1.29, 1.82) is 0 Å². The average Bonchev–Trinajstić information content (AvgIpc) is 3.20. The van der Waals surface area contributed by atoms with E-state index in [-0.39, 0.29) is 5.82 Å². The molecule has 2 aliphatic carbocycles. The van der Waals surface area contributed by atoms with E-state index >= 15 is 0 Å². The molecule has 1 N–H and O–H groups in total.